The molecule has 0 saturated carbocycles. The Morgan fingerprint density at radius 1 is 1.30 bits per heavy atom. The third-order valence-corrected chi connectivity index (χ3v) is 3.46. The van der Waals surface area contributed by atoms with Crippen LogP contribution < -0.4 is 4.74 Å². The fraction of sp³-hybridized carbons (Fsp3) is 0.333. The van der Waals surface area contributed by atoms with E-state index in [1.54, 1.807) is 0 Å². The monoisotopic (exact) mass is 271 g/mol. The Labute approximate surface area is 117 Å². The number of hydrogen-bond donors (Lipinski definition) is 0. The molecule has 1 aromatic carbocycles. The highest BCUT2D eigenvalue weighted by Crippen LogP contribution is 2.17. The van der Waals surface area contributed by atoms with Gasteiger partial charge in [0.25, 0.3) is 5.91 Å². The zero-order chi connectivity index (χ0) is 13.9. The highest BCUT2D eigenvalue weighted by atomic mass is 16.5. The van der Waals surface area contributed by atoms with Crippen LogP contribution in [0.4, 0.5) is 0 Å². The lowest BCUT2D eigenvalue weighted by Crippen LogP contribution is -2.37. The Hall–Kier alpha value is -2.30. The number of amides is 1. The van der Waals surface area contributed by atoms with Gasteiger partial charge in [-0.05, 0) is 31.2 Å². The number of aromatic nitrogens is 2. The zero-order valence-corrected chi connectivity index (χ0v) is 11.5. The highest BCUT2D eigenvalue weighted by molar-refractivity contribution is 5.94. The molecule has 0 radical (unpaired) electrons. The van der Waals surface area contributed by atoms with Gasteiger partial charge in [0.05, 0.1) is 25.2 Å². The molecular weight excluding hydrogens is 254 g/mol. The Balaban J connectivity index is 1.73. The molecule has 0 unspecified atom stereocenters. The highest BCUT2D eigenvalue weighted by Gasteiger charge is 2.21. The molecule has 5 nitrogen and oxygen atoms in total. The van der Waals surface area contributed by atoms with E-state index in [2.05, 4.69) is 9.55 Å². The smallest absolute Gasteiger partial charge is 0.254 e. The molecule has 2 aromatic rings. The van der Waals surface area contributed by atoms with Crippen molar-refractivity contribution in [3.8, 4) is 5.75 Å². The summed E-state index contributed by atoms with van der Waals surface area (Å²) in [4.78, 5) is 18.4. The van der Waals surface area contributed by atoms with Crippen LogP contribution in [0.3, 0.4) is 0 Å². The maximum atomic E-state index is 12.5. The average Bonchev–Trinajstić information content (AvgIpc) is 2.95. The van der Waals surface area contributed by atoms with Crippen LogP contribution in [-0.4, -0.2) is 33.5 Å². The number of rotatable bonds is 3. The van der Waals surface area contributed by atoms with E-state index in [4.69, 9.17) is 4.74 Å². The van der Waals surface area contributed by atoms with E-state index in [1.807, 2.05) is 48.6 Å². The van der Waals surface area contributed by atoms with E-state index in [0.717, 1.165) is 24.5 Å². The van der Waals surface area contributed by atoms with Crippen LogP contribution in [-0.2, 0) is 13.1 Å². The number of benzene rings is 1. The molecule has 0 saturated heterocycles. The average molecular weight is 271 g/mol. The van der Waals surface area contributed by atoms with Crippen molar-refractivity contribution in [1.29, 1.82) is 0 Å². The first-order chi connectivity index (χ1) is 9.78. The summed E-state index contributed by atoms with van der Waals surface area (Å²) in [6.07, 6.45) is 3.63. The van der Waals surface area contributed by atoms with Gasteiger partial charge in [-0.25, -0.2) is 4.98 Å². The molecule has 0 N–H and O–H groups in total. The lowest BCUT2D eigenvalue weighted by Gasteiger charge is -2.28. The van der Waals surface area contributed by atoms with Gasteiger partial charge in [-0.15, -0.1) is 0 Å². The number of carbonyl (C=O) groups excluding carboxylic acids is 1. The Kier molecular flexibility index (Phi) is 3.41. The zero-order valence-electron chi connectivity index (χ0n) is 11.5. The molecule has 1 aromatic heterocycles. The van der Waals surface area contributed by atoms with Crippen molar-refractivity contribution in [2.24, 2.45) is 0 Å². The van der Waals surface area contributed by atoms with E-state index >= 15 is 0 Å². The quantitative estimate of drug-likeness (QED) is 0.857. The SMILES string of the molecule is CCOc1ccc(C(=O)N2CCn3cncc3C2)cc1. The molecule has 0 aliphatic carbocycles. The normalized spacial score (nSPS) is 13.9. The van der Waals surface area contributed by atoms with Crippen molar-refractivity contribution in [2.45, 2.75) is 20.0 Å². The number of carbonyl (C=O) groups is 1. The van der Waals surface area contributed by atoms with Crippen LogP contribution in [0, 0.1) is 0 Å². The second-order valence-corrected chi connectivity index (χ2v) is 4.76. The molecule has 2 heterocycles. The van der Waals surface area contributed by atoms with Crippen molar-refractivity contribution in [3.63, 3.8) is 0 Å². The molecule has 3 rings (SSSR count). The number of imidazole rings is 1. The Bertz CT molecular complexity index is 604. The minimum absolute atomic E-state index is 0.0560. The van der Waals surface area contributed by atoms with Crippen LogP contribution in [0.25, 0.3) is 0 Å². The third kappa shape index (κ3) is 2.39. The lowest BCUT2D eigenvalue weighted by molar-refractivity contribution is 0.0711. The predicted octanol–water partition coefficient (Wildman–Crippen LogP) is 1.94. The summed E-state index contributed by atoms with van der Waals surface area (Å²) in [5.41, 5.74) is 1.77. The van der Waals surface area contributed by atoms with Crippen molar-refractivity contribution in [3.05, 3.63) is 48.0 Å². The number of hydrogen-bond acceptors (Lipinski definition) is 3. The minimum Gasteiger partial charge on any atom is -0.494 e. The molecule has 1 aliphatic rings. The van der Waals surface area contributed by atoms with Gasteiger partial charge in [0.2, 0.25) is 0 Å². The van der Waals surface area contributed by atoms with Crippen LogP contribution in [0.5, 0.6) is 5.75 Å². The third-order valence-electron chi connectivity index (χ3n) is 3.46. The number of fused-ring (bicyclic) bond motifs is 1. The molecule has 0 spiro atoms. The number of nitrogens with zero attached hydrogens (tertiary/aromatic N) is 3. The number of ether oxygens (including phenoxy) is 1. The van der Waals surface area contributed by atoms with Gasteiger partial charge in [0, 0.05) is 24.8 Å². The fourth-order valence-electron chi connectivity index (χ4n) is 2.40. The second-order valence-electron chi connectivity index (χ2n) is 4.76. The van der Waals surface area contributed by atoms with Gasteiger partial charge in [-0.2, -0.15) is 0 Å². The van der Waals surface area contributed by atoms with Gasteiger partial charge in [-0.1, -0.05) is 0 Å². The van der Waals surface area contributed by atoms with Gasteiger partial charge in [0.15, 0.2) is 0 Å². The van der Waals surface area contributed by atoms with E-state index in [9.17, 15) is 4.79 Å². The Morgan fingerprint density at radius 2 is 2.10 bits per heavy atom. The first kappa shape index (κ1) is 12.7. The molecular formula is C15H17N3O2. The van der Waals surface area contributed by atoms with E-state index in [0.29, 0.717) is 18.7 Å². The molecule has 1 aliphatic heterocycles. The maximum Gasteiger partial charge on any atom is 0.254 e. The van der Waals surface area contributed by atoms with E-state index < -0.39 is 0 Å². The first-order valence-electron chi connectivity index (χ1n) is 6.79. The topological polar surface area (TPSA) is 47.4 Å². The van der Waals surface area contributed by atoms with E-state index in [1.165, 1.54) is 0 Å². The van der Waals surface area contributed by atoms with Crippen molar-refractivity contribution >= 4 is 5.91 Å². The van der Waals surface area contributed by atoms with Crippen molar-refractivity contribution in [2.75, 3.05) is 13.2 Å². The van der Waals surface area contributed by atoms with Crippen LogP contribution in [0.15, 0.2) is 36.8 Å². The first-order valence-corrected chi connectivity index (χ1v) is 6.79. The summed E-state index contributed by atoms with van der Waals surface area (Å²) in [5.74, 6) is 0.848. The summed E-state index contributed by atoms with van der Waals surface area (Å²) in [6.45, 7) is 4.71. The van der Waals surface area contributed by atoms with Gasteiger partial charge in [0.1, 0.15) is 5.75 Å². The molecule has 20 heavy (non-hydrogen) atoms. The van der Waals surface area contributed by atoms with Crippen LogP contribution in [0.1, 0.15) is 23.0 Å². The summed E-state index contributed by atoms with van der Waals surface area (Å²) in [6, 6.07) is 7.31. The molecule has 0 atom stereocenters. The van der Waals surface area contributed by atoms with Crippen LogP contribution >= 0.6 is 0 Å². The largest absolute Gasteiger partial charge is 0.494 e. The Morgan fingerprint density at radius 3 is 2.85 bits per heavy atom. The molecule has 0 bridgehead atoms. The summed E-state index contributed by atoms with van der Waals surface area (Å²) in [5, 5.41) is 0. The fourth-order valence-corrected chi connectivity index (χ4v) is 2.40. The van der Waals surface area contributed by atoms with E-state index in [-0.39, 0.29) is 5.91 Å². The van der Waals surface area contributed by atoms with Crippen molar-refractivity contribution < 1.29 is 9.53 Å². The van der Waals surface area contributed by atoms with Crippen molar-refractivity contribution in [1.82, 2.24) is 14.5 Å². The second kappa shape index (κ2) is 5.36. The maximum absolute atomic E-state index is 12.5. The van der Waals surface area contributed by atoms with Crippen LogP contribution in [0.2, 0.25) is 0 Å². The molecule has 104 valence electrons. The van der Waals surface area contributed by atoms with Gasteiger partial charge < -0.3 is 14.2 Å². The summed E-state index contributed by atoms with van der Waals surface area (Å²) >= 11 is 0. The molecule has 1 amide bonds. The van der Waals surface area contributed by atoms with Gasteiger partial charge >= 0.3 is 0 Å². The lowest BCUT2D eigenvalue weighted by atomic mass is 10.1. The minimum atomic E-state index is 0.0560. The predicted molar refractivity (Wildman–Crippen MR) is 74.6 cm³/mol. The van der Waals surface area contributed by atoms with Gasteiger partial charge in [-0.3, -0.25) is 4.79 Å². The summed E-state index contributed by atoms with van der Waals surface area (Å²) < 4.78 is 7.47. The summed E-state index contributed by atoms with van der Waals surface area (Å²) in [7, 11) is 0. The molecule has 5 heteroatoms. The standard InChI is InChI=1S/C15H17N3O2/c1-2-20-14-5-3-12(4-6-14)15(19)17-7-8-18-11-16-9-13(18)10-17/h3-6,9,11H,2,7-8,10H2,1H3. The molecule has 0 fully saturated rings.